The summed E-state index contributed by atoms with van der Waals surface area (Å²) in [5.41, 5.74) is 2.53. The molecule has 25 heavy (non-hydrogen) atoms. The van der Waals surface area contributed by atoms with Crippen LogP contribution in [-0.2, 0) is 9.53 Å². The first-order chi connectivity index (χ1) is 11.8. The third kappa shape index (κ3) is 4.53. The number of anilines is 1. The Morgan fingerprint density at radius 3 is 2.92 bits per heavy atom. The Kier molecular flexibility index (Phi) is 4.70. The molecule has 2 aliphatic heterocycles. The Morgan fingerprint density at radius 2 is 2.16 bits per heavy atom. The van der Waals surface area contributed by atoms with Gasteiger partial charge in [0, 0.05) is 13.1 Å². The standard InChI is InChI=1S/C19H24N2O4/c1-19(2,3)25-18(23)21-8-4-5-14(12-21)9-13-6-7-16-15(10-13)20-11-17(22)24-16/h6-7,9-10,20H,4-5,8,11-12H2,1-3H3/b14-9-. The molecule has 1 aromatic carbocycles. The minimum absolute atomic E-state index is 0.180. The summed E-state index contributed by atoms with van der Waals surface area (Å²) in [5, 5.41) is 3.05. The third-order valence-electron chi connectivity index (χ3n) is 3.99. The maximum absolute atomic E-state index is 12.3. The van der Waals surface area contributed by atoms with Crippen LogP contribution in [0.1, 0.15) is 39.2 Å². The van der Waals surface area contributed by atoms with E-state index in [1.54, 1.807) is 11.0 Å². The average molecular weight is 344 g/mol. The number of amides is 1. The zero-order valence-corrected chi connectivity index (χ0v) is 14.9. The number of nitrogens with one attached hydrogen (secondary N) is 1. The number of piperidine rings is 1. The van der Waals surface area contributed by atoms with E-state index in [0.29, 0.717) is 18.8 Å². The van der Waals surface area contributed by atoms with E-state index in [0.717, 1.165) is 24.1 Å². The van der Waals surface area contributed by atoms with Crippen LogP contribution in [0.25, 0.3) is 6.08 Å². The van der Waals surface area contributed by atoms with Gasteiger partial charge in [-0.05, 0) is 51.3 Å². The van der Waals surface area contributed by atoms with Gasteiger partial charge in [-0.2, -0.15) is 0 Å². The lowest BCUT2D eigenvalue weighted by atomic mass is 10.0. The molecule has 0 aromatic heterocycles. The molecule has 1 aromatic rings. The third-order valence-corrected chi connectivity index (χ3v) is 3.99. The first-order valence-corrected chi connectivity index (χ1v) is 8.56. The van der Waals surface area contributed by atoms with E-state index in [4.69, 9.17) is 9.47 Å². The van der Waals surface area contributed by atoms with E-state index >= 15 is 0 Å². The second-order valence-electron chi connectivity index (χ2n) is 7.39. The van der Waals surface area contributed by atoms with Gasteiger partial charge < -0.3 is 19.7 Å². The number of carbonyl (C=O) groups excluding carboxylic acids is 2. The first-order valence-electron chi connectivity index (χ1n) is 8.56. The van der Waals surface area contributed by atoms with E-state index < -0.39 is 5.60 Å². The lowest BCUT2D eigenvalue weighted by Crippen LogP contribution is -2.40. The Bertz CT molecular complexity index is 719. The van der Waals surface area contributed by atoms with Crippen molar-refractivity contribution in [1.29, 1.82) is 0 Å². The minimum atomic E-state index is -0.486. The largest absolute Gasteiger partial charge is 0.444 e. The number of nitrogens with zero attached hydrogens (tertiary/aromatic N) is 1. The fourth-order valence-corrected chi connectivity index (χ4v) is 2.93. The molecular formula is C19H24N2O4. The summed E-state index contributed by atoms with van der Waals surface area (Å²) < 4.78 is 10.6. The summed E-state index contributed by atoms with van der Waals surface area (Å²) >= 11 is 0. The smallest absolute Gasteiger partial charge is 0.410 e. The SMILES string of the molecule is CC(C)(C)OC(=O)N1CCC/C(=C/c2ccc3c(c2)NCC(=O)O3)C1. The van der Waals surface area contributed by atoms with Crippen molar-refractivity contribution in [3.05, 3.63) is 29.3 Å². The summed E-state index contributed by atoms with van der Waals surface area (Å²) in [6, 6.07) is 5.67. The number of likely N-dealkylation sites (tertiary alicyclic amines) is 1. The predicted octanol–water partition coefficient (Wildman–Crippen LogP) is 3.43. The summed E-state index contributed by atoms with van der Waals surface area (Å²) in [7, 11) is 0. The van der Waals surface area contributed by atoms with Gasteiger partial charge in [0.1, 0.15) is 12.1 Å². The van der Waals surface area contributed by atoms with Gasteiger partial charge in [0.15, 0.2) is 5.75 Å². The molecule has 0 radical (unpaired) electrons. The monoisotopic (exact) mass is 344 g/mol. The van der Waals surface area contributed by atoms with Gasteiger partial charge >= 0.3 is 12.1 Å². The van der Waals surface area contributed by atoms with Crippen LogP contribution in [-0.4, -0.2) is 42.2 Å². The summed E-state index contributed by atoms with van der Waals surface area (Å²) in [6.45, 7) is 7.09. The normalized spacial score (nSPS) is 19.1. The molecule has 0 saturated carbocycles. The lowest BCUT2D eigenvalue weighted by molar-refractivity contribution is -0.132. The second kappa shape index (κ2) is 6.78. The summed E-state index contributed by atoms with van der Waals surface area (Å²) in [4.78, 5) is 25.3. The van der Waals surface area contributed by atoms with Gasteiger partial charge in [-0.25, -0.2) is 9.59 Å². The van der Waals surface area contributed by atoms with Gasteiger partial charge in [0.05, 0.1) is 5.69 Å². The molecule has 6 nitrogen and oxygen atoms in total. The van der Waals surface area contributed by atoms with Gasteiger partial charge in [0.2, 0.25) is 0 Å². The zero-order valence-electron chi connectivity index (χ0n) is 14.9. The number of esters is 1. The molecule has 0 bridgehead atoms. The van der Waals surface area contributed by atoms with Crippen LogP contribution in [0.4, 0.5) is 10.5 Å². The number of carbonyl (C=O) groups is 2. The molecule has 134 valence electrons. The molecule has 1 N–H and O–H groups in total. The van der Waals surface area contributed by atoms with E-state index in [1.165, 1.54) is 5.57 Å². The lowest BCUT2D eigenvalue weighted by Gasteiger charge is -2.31. The van der Waals surface area contributed by atoms with Crippen molar-refractivity contribution in [3.8, 4) is 5.75 Å². The molecule has 0 aliphatic carbocycles. The molecule has 1 amide bonds. The molecule has 1 saturated heterocycles. The van der Waals surface area contributed by atoms with Crippen LogP contribution in [0.2, 0.25) is 0 Å². The highest BCUT2D eigenvalue weighted by atomic mass is 16.6. The van der Waals surface area contributed by atoms with E-state index in [2.05, 4.69) is 11.4 Å². The van der Waals surface area contributed by atoms with Crippen LogP contribution in [0.15, 0.2) is 23.8 Å². The van der Waals surface area contributed by atoms with Crippen molar-refractivity contribution in [1.82, 2.24) is 4.90 Å². The van der Waals surface area contributed by atoms with E-state index in [1.807, 2.05) is 32.9 Å². The van der Waals surface area contributed by atoms with Gasteiger partial charge in [-0.15, -0.1) is 0 Å². The van der Waals surface area contributed by atoms with E-state index in [9.17, 15) is 9.59 Å². The highest BCUT2D eigenvalue weighted by Gasteiger charge is 2.25. The first kappa shape index (κ1) is 17.3. The Hall–Kier alpha value is -2.50. The Morgan fingerprint density at radius 1 is 1.36 bits per heavy atom. The number of rotatable bonds is 1. The van der Waals surface area contributed by atoms with Gasteiger partial charge in [-0.1, -0.05) is 17.7 Å². The quantitative estimate of drug-likeness (QED) is 0.624. The fraction of sp³-hybridized carbons (Fsp3) is 0.474. The van der Waals surface area contributed by atoms with Crippen LogP contribution in [0.5, 0.6) is 5.75 Å². The van der Waals surface area contributed by atoms with Crippen LogP contribution < -0.4 is 10.1 Å². The van der Waals surface area contributed by atoms with Crippen molar-refractivity contribution in [2.75, 3.05) is 25.0 Å². The number of fused-ring (bicyclic) bond motifs is 1. The number of hydrogen-bond acceptors (Lipinski definition) is 5. The molecule has 2 aliphatic rings. The number of ether oxygens (including phenoxy) is 2. The van der Waals surface area contributed by atoms with Crippen molar-refractivity contribution in [2.45, 2.75) is 39.2 Å². The molecule has 0 spiro atoms. The van der Waals surface area contributed by atoms with Crippen molar-refractivity contribution < 1.29 is 19.1 Å². The molecule has 6 heteroatoms. The average Bonchev–Trinajstić information content (AvgIpc) is 2.54. The highest BCUT2D eigenvalue weighted by Crippen LogP contribution is 2.30. The molecule has 0 atom stereocenters. The van der Waals surface area contributed by atoms with Gasteiger partial charge in [0.25, 0.3) is 0 Å². The maximum atomic E-state index is 12.3. The number of benzene rings is 1. The summed E-state index contributed by atoms with van der Waals surface area (Å²) in [6.07, 6.45) is 3.71. The Balaban J connectivity index is 1.71. The van der Waals surface area contributed by atoms with Gasteiger partial charge in [-0.3, -0.25) is 0 Å². The second-order valence-corrected chi connectivity index (χ2v) is 7.39. The van der Waals surface area contributed by atoms with E-state index in [-0.39, 0.29) is 18.6 Å². The molecule has 1 fully saturated rings. The molecule has 0 unspecified atom stereocenters. The minimum Gasteiger partial charge on any atom is -0.444 e. The van der Waals surface area contributed by atoms with Crippen LogP contribution in [0, 0.1) is 0 Å². The summed E-state index contributed by atoms with van der Waals surface area (Å²) in [5.74, 6) is 0.274. The van der Waals surface area contributed by atoms with Crippen LogP contribution >= 0.6 is 0 Å². The zero-order chi connectivity index (χ0) is 18.0. The van der Waals surface area contributed by atoms with Crippen LogP contribution in [0.3, 0.4) is 0 Å². The topological polar surface area (TPSA) is 67.9 Å². The molecule has 3 rings (SSSR count). The number of hydrogen-bond donors (Lipinski definition) is 1. The van der Waals surface area contributed by atoms with Crippen molar-refractivity contribution >= 4 is 23.8 Å². The predicted molar refractivity (Wildman–Crippen MR) is 95.6 cm³/mol. The van der Waals surface area contributed by atoms with Crippen molar-refractivity contribution in [3.63, 3.8) is 0 Å². The highest BCUT2D eigenvalue weighted by molar-refractivity contribution is 5.84. The fourth-order valence-electron chi connectivity index (χ4n) is 2.93. The molecular weight excluding hydrogens is 320 g/mol. The van der Waals surface area contributed by atoms with Crippen molar-refractivity contribution in [2.24, 2.45) is 0 Å². The maximum Gasteiger partial charge on any atom is 0.410 e. The molecule has 2 heterocycles. The Labute approximate surface area is 147 Å².